The normalized spacial score (nSPS) is 19.1. The van der Waals surface area contributed by atoms with Crippen molar-refractivity contribution in [3.8, 4) is 5.88 Å². The maximum atomic E-state index is 6.07. The Hall–Kier alpha value is -1.76. The van der Waals surface area contributed by atoms with E-state index in [0.29, 0.717) is 11.8 Å². The van der Waals surface area contributed by atoms with Crippen LogP contribution in [0.25, 0.3) is 0 Å². The molecule has 1 aliphatic carbocycles. The number of piperidine rings is 1. The quantitative estimate of drug-likeness (QED) is 0.858. The van der Waals surface area contributed by atoms with Crippen LogP contribution >= 0.6 is 11.5 Å². The van der Waals surface area contributed by atoms with Gasteiger partial charge < -0.3 is 9.64 Å². The summed E-state index contributed by atoms with van der Waals surface area (Å²) in [7, 11) is 0. The topological polar surface area (TPSA) is 64.0 Å². The molecule has 2 aromatic heterocycles. The Morgan fingerprint density at radius 2 is 1.91 bits per heavy atom. The molecular formula is C16H21N5OS. The molecule has 0 spiro atoms. The predicted molar refractivity (Wildman–Crippen MR) is 89.3 cm³/mol. The lowest BCUT2D eigenvalue weighted by atomic mass is 10.1. The van der Waals surface area contributed by atoms with Crippen molar-refractivity contribution in [2.24, 2.45) is 0 Å². The number of hydrogen-bond donors (Lipinski definition) is 0. The maximum absolute atomic E-state index is 6.07. The van der Waals surface area contributed by atoms with Gasteiger partial charge in [-0.3, -0.25) is 4.98 Å². The lowest BCUT2D eigenvalue weighted by Gasteiger charge is -2.31. The Balaban J connectivity index is 1.35. The molecule has 122 valence electrons. The first kappa shape index (κ1) is 14.8. The largest absolute Gasteiger partial charge is 0.473 e. The van der Waals surface area contributed by atoms with Crippen molar-refractivity contribution in [2.75, 3.05) is 18.0 Å². The minimum atomic E-state index is 0.205. The fraction of sp³-hybridized carbons (Fsp3) is 0.625. The van der Waals surface area contributed by atoms with Gasteiger partial charge >= 0.3 is 0 Å². The summed E-state index contributed by atoms with van der Waals surface area (Å²) in [6.45, 7) is 5.80. The highest BCUT2D eigenvalue weighted by Gasteiger charge is 2.30. The molecular weight excluding hydrogens is 310 g/mol. The van der Waals surface area contributed by atoms with E-state index in [4.69, 9.17) is 9.72 Å². The Morgan fingerprint density at radius 1 is 1.13 bits per heavy atom. The number of aromatic nitrogens is 4. The minimum absolute atomic E-state index is 0.205. The zero-order chi connectivity index (χ0) is 15.8. The monoisotopic (exact) mass is 331 g/mol. The molecule has 2 aliphatic rings. The van der Waals surface area contributed by atoms with E-state index in [0.717, 1.165) is 48.3 Å². The first-order chi connectivity index (χ1) is 11.2. The van der Waals surface area contributed by atoms with Crippen LogP contribution in [0.1, 0.15) is 48.8 Å². The van der Waals surface area contributed by atoms with E-state index in [1.54, 1.807) is 6.20 Å². The summed E-state index contributed by atoms with van der Waals surface area (Å²) in [6.07, 6.45) is 6.45. The zero-order valence-corrected chi connectivity index (χ0v) is 14.3. The summed E-state index contributed by atoms with van der Waals surface area (Å²) in [4.78, 5) is 15.8. The molecule has 23 heavy (non-hydrogen) atoms. The lowest BCUT2D eigenvalue weighted by Crippen LogP contribution is -2.38. The molecule has 3 heterocycles. The van der Waals surface area contributed by atoms with E-state index in [1.807, 2.05) is 13.8 Å². The average Bonchev–Trinajstić information content (AvgIpc) is 3.29. The third kappa shape index (κ3) is 3.29. The third-order valence-corrected chi connectivity index (χ3v) is 5.19. The van der Waals surface area contributed by atoms with Gasteiger partial charge in [0.05, 0.1) is 11.4 Å². The molecule has 1 saturated heterocycles. The Kier molecular flexibility index (Phi) is 3.88. The van der Waals surface area contributed by atoms with E-state index < -0.39 is 0 Å². The Labute approximate surface area is 140 Å². The SMILES string of the molecule is Cc1cnc(C)c(OC2CCN(c3nc(C4CC4)ns3)CC2)n1. The van der Waals surface area contributed by atoms with Crippen molar-refractivity contribution in [1.82, 2.24) is 19.3 Å². The highest BCUT2D eigenvalue weighted by Crippen LogP contribution is 2.40. The number of anilines is 1. The molecule has 0 aromatic carbocycles. The minimum Gasteiger partial charge on any atom is -0.473 e. The molecule has 7 heteroatoms. The van der Waals surface area contributed by atoms with Crippen molar-refractivity contribution in [2.45, 2.75) is 51.6 Å². The summed E-state index contributed by atoms with van der Waals surface area (Å²) < 4.78 is 10.6. The van der Waals surface area contributed by atoms with E-state index in [9.17, 15) is 0 Å². The first-order valence-corrected chi connectivity index (χ1v) is 9.02. The molecule has 2 fully saturated rings. The van der Waals surface area contributed by atoms with Crippen LogP contribution in [0.15, 0.2) is 6.20 Å². The fourth-order valence-corrected chi connectivity index (χ4v) is 3.61. The van der Waals surface area contributed by atoms with Crippen molar-refractivity contribution < 1.29 is 4.74 Å². The average molecular weight is 331 g/mol. The van der Waals surface area contributed by atoms with Crippen LogP contribution in [0.3, 0.4) is 0 Å². The van der Waals surface area contributed by atoms with Crippen LogP contribution in [0.2, 0.25) is 0 Å². The standard InChI is InChI=1S/C16H21N5OS/c1-10-9-17-11(2)15(18-10)22-13-5-7-21(8-6-13)16-19-14(20-23-16)12-3-4-12/h9,12-13H,3-8H2,1-2H3. The smallest absolute Gasteiger partial charge is 0.235 e. The number of aryl methyl sites for hydroxylation is 2. The zero-order valence-electron chi connectivity index (χ0n) is 13.5. The van der Waals surface area contributed by atoms with E-state index in [-0.39, 0.29) is 6.10 Å². The van der Waals surface area contributed by atoms with E-state index >= 15 is 0 Å². The van der Waals surface area contributed by atoms with Gasteiger partial charge in [0.2, 0.25) is 11.0 Å². The van der Waals surface area contributed by atoms with Gasteiger partial charge in [-0.15, -0.1) is 0 Å². The van der Waals surface area contributed by atoms with Crippen molar-refractivity contribution >= 4 is 16.7 Å². The number of ether oxygens (including phenoxy) is 1. The molecule has 6 nitrogen and oxygen atoms in total. The van der Waals surface area contributed by atoms with Crippen LogP contribution in [0.4, 0.5) is 5.13 Å². The molecule has 0 unspecified atom stereocenters. The maximum Gasteiger partial charge on any atom is 0.235 e. The second-order valence-corrected chi connectivity index (χ2v) is 7.15. The molecule has 1 saturated carbocycles. The van der Waals surface area contributed by atoms with Gasteiger partial charge in [-0.25, -0.2) is 9.97 Å². The Bertz CT molecular complexity index is 692. The van der Waals surface area contributed by atoms with Gasteiger partial charge in [-0.1, -0.05) is 0 Å². The van der Waals surface area contributed by atoms with E-state index in [2.05, 4.69) is 19.2 Å². The molecule has 0 radical (unpaired) electrons. The highest BCUT2D eigenvalue weighted by atomic mass is 32.1. The van der Waals surface area contributed by atoms with Gasteiger partial charge in [-0.05, 0) is 26.7 Å². The molecule has 0 atom stereocenters. The molecule has 1 aliphatic heterocycles. The Morgan fingerprint density at radius 3 is 2.65 bits per heavy atom. The third-order valence-electron chi connectivity index (χ3n) is 4.40. The molecule has 4 rings (SSSR count). The summed E-state index contributed by atoms with van der Waals surface area (Å²) >= 11 is 1.54. The van der Waals surface area contributed by atoms with Crippen LogP contribution in [0.5, 0.6) is 5.88 Å². The number of hydrogen-bond acceptors (Lipinski definition) is 7. The molecule has 0 bridgehead atoms. The summed E-state index contributed by atoms with van der Waals surface area (Å²) in [5, 5.41) is 1.07. The van der Waals surface area contributed by atoms with Gasteiger partial charge in [0.25, 0.3) is 0 Å². The number of nitrogens with zero attached hydrogens (tertiary/aromatic N) is 5. The van der Waals surface area contributed by atoms with Crippen LogP contribution in [0, 0.1) is 13.8 Å². The lowest BCUT2D eigenvalue weighted by molar-refractivity contribution is 0.161. The fourth-order valence-electron chi connectivity index (χ4n) is 2.81. The van der Waals surface area contributed by atoms with Gasteiger partial charge in [0.15, 0.2) is 0 Å². The van der Waals surface area contributed by atoms with Crippen molar-refractivity contribution in [1.29, 1.82) is 0 Å². The van der Waals surface area contributed by atoms with Gasteiger partial charge in [0.1, 0.15) is 11.9 Å². The second-order valence-electron chi connectivity index (χ2n) is 6.42. The summed E-state index contributed by atoms with van der Waals surface area (Å²) in [5.41, 5.74) is 1.75. The van der Waals surface area contributed by atoms with Crippen molar-refractivity contribution in [3.63, 3.8) is 0 Å². The summed E-state index contributed by atoms with van der Waals surface area (Å²) in [6, 6.07) is 0. The van der Waals surface area contributed by atoms with Crippen LogP contribution < -0.4 is 9.64 Å². The summed E-state index contributed by atoms with van der Waals surface area (Å²) in [5.74, 6) is 2.35. The van der Waals surface area contributed by atoms with Gasteiger partial charge in [0, 0.05) is 49.6 Å². The second kappa shape index (κ2) is 6.03. The number of rotatable bonds is 4. The van der Waals surface area contributed by atoms with Crippen LogP contribution in [-0.4, -0.2) is 38.5 Å². The molecule has 2 aromatic rings. The molecule has 0 N–H and O–H groups in total. The first-order valence-electron chi connectivity index (χ1n) is 8.24. The highest BCUT2D eigenvalue weighted by molar-refractivity contribution is 7.09. The molecule has 0 amide bonds. The van der Waals surface area contributed by atoms with Gasteiger partial charge in [-0.2, -0.15) is 4.37 Å². The van der Waals surface area contributed by atoms with Crippen molar-refractivity contribution in [3.05, 3.63) is 23.4 Å². The predicted octanol–water partition coefficient (Wildman–Crippen LogP) is 2.87. The van der Waals surface area contributed by atoms with E-state index in [1.165, 1.54) is 24.4 Å². The van der Waals surface area contributed by atoms with Crippen LogP contribution in [-0.2, 0) is 0 Å².